The molecule has 0 radical (unpaired) electrons. The highest BCUT2D eigenvalue weighted by atomic mass is 19.1. The summed E-state index contributed by atoms with van der Waals surface area (Å²) in [5, 5.41) is 0. The Labute approximate surface area is 188 Å². The molecular formula is C29H26F2O. The molecule has 2 aliphatic carbocycles. The summed E-state index contributed by atoms with van der Waals surface area (Å²) in [6, 6.07) is 22.0. The fourth-order valence-electron chi connectivity index (χ4n) is 5.37. The van der Waals surface area contributed by atoms with Crippen molar-refractivity contribution in [2.24, 2.45) is 5.92 Å². The molecule has 0 heterocycles. The van der Waals surface area contributed by atoms with Crippen molar-refractivity contribution in [3.8, 4) is 5.75 Å². The second-order valence-corrected chi connectivity index (χ2v) is 8.72. The van der Waals surface area contributed by atoms with Crippen LogP contribution >= 0.6 is 0 Å². The molecule has 1 saturated carbocycles. The van der Waals surface area contributed by atoms with Crippen molar-refractivity contribution < 1.29 is 13.5 Å². The molecule has 0 saturated heterocycles. The van der Waals surface area contributed by atoms with Gasteiger partial charge in [0.2, 0.25) is 0 Å². The van der Waals surface area contributed by atoms with Crippen LogP contribution in [0, 0.1) is 17.6 Å². The first-order valence-electron chi connectivity index (χ1n) is 11.2. The van der Waals surface area contributed by atoms with E-state index in [4.69, 9.17) is 4.74 Å². The molecule has 0 aromatic heterocycles. The summed E-state index contributed by atoms with van der Waals surface area (Å²) in [4.78, 5) is 0. The summed E-state index contributed by atoms with van der Waals surface area (Å²) in [6.07, 6.45) is 7.86. The SMILES string of the molecule is COc1ccc([C@H]2C=C3/C(=C/c4ccc(F)cc4)CCC[C@H]3[C@@H]2c2ccc(F)cc2)cc1. The van der Waals surface area contributed by atoms with Crippen LogP contribution in [0.5, 0.6) is 5.75 Å². The molecule has 0 spiro atoms. The van der Waals surface area contributed by atoms with Gasteiger partial charge in [0.25, 0.3) is 0 Å². The van der Waals surface area contributed by atoms with Crippen LogP contribution in [0.1, 0.15) is 47.8 Å². The lowest BCUT2D eigenvalue weighted by Gasteiger charge is -2.31. The number of benzene rings is 3. The molecule has 3 atom stereocenters. The molecule has 32 heavy (non-hydrogen) atoms. The normalized spacial score (nSPS) is 23.7. The number of allylic oxidation sites excluding steroid dienone is 3. The van der Waals surface area contributed by atoms with E-state index >= 15 is 0 Å². The molecule has 2 aliphatic rings. The minimum absolute atomic E-state index is 0.207. The number of ether oxygens (including phenoxy) is 1. The van der Waals surface area contributed by atoms with E-state index in [0.717, 1.165) is 30.6 Å². The monoisotopic (exact) mass is 428 g/mol. The fraction of sp³-hybridized carbons (Fsp3) is 0.241. The third kappa shape index (κ3) is 4.00. The Kier molecular flexibility index (Phi) is 5.65. The van der Waals surface area contributed by atoms with Gasteiger partial charge in [0.05, 0.1) is 7.11 Å². The molecule has 1 nitrogen and oxygen atoms in total. The zero-order chi connectivity index (χ0) is 22.1. The van der Waals surface area contributed by atoms with Crippen LogP contribution in [0.3, 0.4) is 0 Å². The number of rotatable bonds is 4. The molecule has 1 fully saturated rings. The first-order valence-corrected chi connectivity index (χ1v) is 11.2. The largest absolute Gasteiger partial charge is 0.497 e. The Morgan fingerprint density at radius 2 is 1.44 bits per heavy atom. The van der Waals surface area contributed by atoms with Gasteiger partial charge < -0.3 is 4.74 Å². The molecule has 0 aliphatic heterocycles. The summed E-state index contributed by atoms with van der Waals surface area (Å²) in [5.74, 6) is 1.27. The maximum absolute atomic E-state index is 13.7. The van der Waals surface area contributed by atoms with Crippen molar-refractivity contribution in [2.75, 3.05) is 7.11 Å². The number of fused-ring (bicyclic) bond motifs is 1. The summed E-state index contributed by atoms with van der Waals surface area (Å²) >= 11 is 0. The maximum atomic E-state index is 13.7. The van der Waals surface area contributed by atoms with Crippen LogP contribution in [-0.2, 0) is 0 Å². The van der Waals surface area contributed by atoms with E-state index in [9.17, 15) is 8.78 Å². The van der Waals surface area contributed by atoms with Crippen molar-refractivity contribution >= 4 is 6.08 Å². The third-order valence-corrected chi connectivity index (χ3v) is 6.88. The Morgan fingerprint density at radius 1 is 0.812 bits per heavy atom. The molecule has 3 aromatic carbocycles. The minimum Gasteiger partial charge on any atom is -0.497 e. The molecule has 0 bridgehead atoms. The zero-order valence-electron chi connectivity index (χ0n) is 18.1. The lowest BCUT2D eigenvalue weighted by molar-refractivity contribution is 0.413. The van der Waals surface area contributed by atoms with Crippen LogP contribution in [-0.4, -0.2) is 7.11 Å². The lowest BCUT2D eigenvalue weighted by Crippen LogP contribution is -2.18. The summed E-state index contributed by atoms with van der Waals surface area (Å²) < 4.78 is 32.4. The van der Waals surface area contributed by atoms with Gasteiger partial charge in [0.1, 0.15) is 17.4 Å². The Bertz CT molecular complexity index is 1140. The molecule has 0 unspecified atom stereocenters. The third-order valence-electron chi connectivity index (χ3n) is 6.88. The lowest BCUT2D eigenvalue weighted by atomic mass is 9.72. The highest BCUT2D eigenvalue weighted by Gasteiger charge is 2.41. The second kappa shape index (κ2) is 8.74. The van der Waals surface area contributed by atoms with E-state index in [1.807, 2.05) is 36.4 Å². The van der Waals surface area contributed by atoms with Crippen molar-refractivity contribution in [2.45, 2.75) is 31.1 Å². The molecule has 3 heteroatoms. The smallest absolute Gasteiger partial charge is 0.123 e. The summed E-state index contributed by atoms with van der Waals surface area (Å²) in [7, 11) is 1.68. The topological polar surface area (TPSA) is 9.23 Å². The zero-order valence-corrected chi connectivity index (χ0v) is 18.1. The van der Waals surface area contributed by atoms with E-state index < -0.39 is 0 Å². The standard InChI is InChI=1S/C29H26F2O/c1-32-25-15-9-20(10-16-25)28-18-27-22(17-19-5-11-23(30)12-6-19)3-2-4-26(27)29(28)21-7-13-24(31)14-8-21/h5-18,26,28-29H,2-4H2,1H3/b22-17+/t26-,28-,29+/m1/s1. The predicted molar refractivity (Wildman–Crippen MR) is 125 cm³/mol. The molecule has 5 rings (SSSR count). The van der Waals surface area contributed by atoms with E-state index in [-0.39, 0.29) is 23.5 Å². The quantitative estimate of drug-likeness (QED) is 0.414. The van der Waals surface area contributed by atoms with Crippen LogP contribution in [0.15, 0.2) is 90.0 Å². The molecule has 0 amide bonds. The van der Waals surface area contributed by atoms with Crippen molar-refractivity contribution in [1.82, 2.24) is 0 Å². The summed E-state index contributed by atoms with van der Waals surface area (Å²) in [6.45, 7) is 0. The van der Waals surface area contributed by atoms with Crippen molar-refractivity contribution in [3.05, 3.63) is 118 Å². The first-order chi connectivity index (χ1) is 15.6. The molecule has 3 aromatic rings. The van der Waals surface area contributed by atoms with Gasteiger partial charge in [-0.15, -0.1) is 0 Å². The van der Waals surface area contributed by atoms with Gasteiger partial charge >= 0.3 is 0 Å². The number of hydrogen-bond acceptors (Lipinski definition) is 1. The average molecular weight is 429 g/mol. The van der Waals surface area contributed by atoms with Gasteiger partial charge in [0.15, 0.2) is 0 Å². The maximum Gasteiger partial charge on any atom is 0.123 e. The van der Waals surface area contributed by atoms with Crippen LogP contribution < -0.4 is 4.74 Å². The average Bonchev–Trinajstić information content (AvgIpc) is 3.22. The first kappa shape index (κ1) is 20.7. The number of halogens is 2. The van der Waals surface area contributed by atoms with Gasteiger partial charge in [0, 0.05) is 11.8 Å². The van der Waals surface area contributed by atoms with E-state index in [1.165, 1.54) is 34.4 Å². The predicted octanol–water partition coefficient (Wildman–Crippen LogP) is 7.66. The Balaban J connectivity index is 1.57. The van der Waals surface area contributed by atoms with Gasteiger partial charge in [-0.2, -0.15) is 0 Å². The number of methoxy groups -OCH3 is 1. The van der Waals surface area contributed by atoms with Crippen molar-refractivity contribution in [1.29, 1.82) is 0 Å². The second-order valence-electron chi connectivity index (χ2n) is 8.72. The minimum atomic E-state index is -0.218. The highest BCUT2D eigenvalue weighted by molar-refractivity contribution is 5.62. The van der Waals surface area contributed by atoms with Gasteiger partial charge in [-0.3, -0.25) is 0 Å². The van der Waals surface area contributed by atoms with Gasteiger partial charge in [-0.05, 0) is 89.4 Å². The van der Waals surface area contributed by atoms with Crippen LogP contribution in [0.25, 0.3) is 6.08 Å². The van der Waals surface area contributed by atoms with E-state index in [2.05, 4.69) is 24.3 Å². The molecule has 162 valence electrons. The fourth-order valence-corrected chi connectivity index (χ4v) is 5.37. The van der Waals surface area contributed by atoms with Crippen molar-refractivity contribution in [3.63, 3.8) is 0 Å². The molecular weight excluding hydrogens is 402 g/mol. The van der Waals surface area contributed by atoms with Gasteiger partial charge in [-0.1, -0.05) is 48.6 Å². The number of hydrogen-bond donors (Lipinski definition) is 0. The van der Waals surface area contributed by atoms with E-state index in [1.54, 1.807) is 19.2 Å². The molecule has 0 N–H and O–H groups in total. The Hall–Kier alpha value is -3.20. The van der Waals surface area contributed by atoms with E-state index in [0.29, 0.717) is 5.92 Å². The van der Waals surface area contributed by atoms with Crippen LogP contribution in [0.2, 0.25) is 0 Å². The van der Waals surface area contributed by atoms with Crippen LogP contribution in [0.4, 0.5) is 8.78 Å². The highest BCUT2D eigenvalue weighted by Crippen LogP contribution is 2.55. The Morgan fingerprint density at radius 3 is 2.09 bits per heavy atom. The van der Waals surface area contributed by atoms with Gasteiger partial charge in [-0.25, -0.2) is 8.78 Å². The summed E-state index contributed by atoms with van der Waals surface area (Å²) in [5.41, 5.74) is 6.15.